The van der Waals surface area contributed by atoms with Gasteiger partial charge in [0, 0.05) is 37.6 Å². The number of aliphatic hydroxyl groups excluding tert-OH is 1. The van der Waals surface area contributed by atoms with E-state index in [0.717, 1.165) is 13.0 Å². The zero-order valence-electron chi connectivity index (χ0n) is 12.2. The first kappa shape index (κ1) is 14.3. The Labute approximate surface area is 111 Å². The first-order valence-corrected chi connectivity index (χ1v) is 7.32. The number of likely N-dealkylation sites (N-methyl/N-ethyl adjacent to an activating group) is 1. The Morgan fingerprint density at radius 3 is 2.44 bits per heavy atom. The van der Waals surface area contributed by atoms with Gasteiger partial charge in [0.1, 0.15) is 0 Å². The van der Waals surface area contributed by atoms with Crippen molar-refractivity contribution in [1.82, 2.24) is 15.1 Å². The lowest BCUT2D eigenvalue weighted by Crippen LogP contribution is -2.60. The zero-order valence-corrected chi connectivity index (χ0v) is 12.2. The molecule has 0 aromatic carbocycles. The highest BCUT2D eigenvalue weighted by molar-refractivity contribution is 5.01. The van der Waals surface area contributed by atoms with Gasteiger partial charge < -0.3 is 20.2 Å². The van der Waals surface area contributed by atoms with Gasteiger partial charge in [0.2, 0.25) is 0 Å². The molecule has 1 aliphatic carbocycles. The van der Waals surface area contributed by atoms with Crippen LogP contribution in [0.3, 0.4) is 0 Å². The average Bonchev–Trinajstić information content (AvgIpc) is 2.35. The first-order chi connectivity index (χ1) is 8.50. The third kappa shape index (κ3) is 3.23. The summed E-state index contributed by atoms with van der Waals surface area (Å²) < 4.78 is 0. The Morgan fingerprint density at radius 2 is 1.89 bits per heavy atom. The highest BCUT2D eigenvalue weighted by Crippen LogP contribution is 2.40. The topological polar surface area (TPSA) is 38.7 Å². The van der Waals surface area contributed by atoms with Crippen molar-refractivity contribution in [3.05, 3.63) is 0 Å². The molecule has 0 amide bonds. The summed E-state index contributed by atoms with van der Waals surface area (Å²) in [5, 5.41) is 13.3. The minimum atomic E-state index is -0.118. The number of piperazine rings is 1. The molecule has 1 aliphatic heterocycles. The Morgan fingerprint density at radius 1 is 1.22 bits per heavy atom. The number of nitrogens with zero attached hydrogens (tertiary/aromatic N) is 2. The number of hydrogen-bond donors (Lipinski definition) is 2. The van der Waals surface area contributed by atoms with Crippen LogP contribution in [0.1, 0.15) is 26.7 Å². The van der Waals surface area contributed by atoms with Crippen molar-refractivity contribution in [2.75, 3.05) is 46.3 Å². The zero-order chi connectivity index (χ0) is 13.2. The molecule has 1 saturated heterocycles. The summed E-state index contributed by atoms with van der Waals surface area (Å²) in [7, 11) is 2.20. The van der Waals surface area contributed by atoms with Gasteiger partial charge >= 0.3 is 0 Å². The lowest BCUT2D eigenvalue weighted by molar-refractivity contribution is -0.0723. The molecule has 2 fully saturated rings. The van der Waals surface area contributed by atoms with Crippen LogP contribution in [-0.4, -0.2) is 73.4 Å². The summed E-state index contributed by atoms with van der Waals surface area (Å²) in [6, 6.07) is 0.500. The van der Waals surface area contributed by atoms with Gasteiger partial charge in [0.15, 0.2) is 0 Å². The Bertz CT molecular complexity index is 262. The second-order valence-corrected chi connectivity index (χ2v) is 6.58. The molecule has 2 rings (SSSR count). The highest BCUT2D eigenvalue weighted by atomic mass is 16.3. The van der Waals surface area contributed by atoms with E-state index in [1.165, 1.54) is 39.1 Å². The quantitative estimate of drug-likeness (QED) is 0.697. The Balaban J connectivity index is 1.54. The Kier molecular flexibility index (Phi) is 4.64. The summed E-state index contributed by atoms with van der Waals surface area (Å²) in [6.45, 7) is 11.4. The van der Waals surface area contributed by atoms with Gasteiger partial charge in [-0.3, -0.25) is 0 Å². The second-order valence-electron chi connectivity index (χ2n) is 6.58. The predicted octanol–water partition coefficient (Wildman–Crippen LogP) is 0.373. The molecule has 4 heteroatoms. The van der Waals surface area contributed by atoms with Crippen LogP contribution in [0.4, 0.5) is 0 Å². The van der Waals surface area contributed by atoms with Crippen molar-refractivity contribution in [2.45, 2.75) is 38.8 Å². The molecular formula is C14H29N3O. The first-order valence-electron chi connectivity index (χ1n) is 7.32. The van der Waals surface area contributed by atoms with E-state index in [1.54, 1.807) is 0 Å². The van der Waals surface area contributed by atoms with Crippen molar-refractivity contribution < 1.29 is 5.11 Å². The predicted molar refractivity (Wildman–Crippen MR) is 74.7 cm³/mol. The van der Waals surface area contributed by atoms with Crippen LogP contribution in [0.25, 0.3) is 0 Å². The summed E-state index contributed by atoms with van der Waals surface area (Å²) in [6.07, 6.45) is 2.01. The molecule has 0 bridgehead atoms. The molecule has 18 heavy (non-hydrogen) atoms. The Hall–Kier alpha value is -0.160. The lowest BCUT2D eigenvalue weighted by atomic mass is 9.64. The summed E-state index contributed by atoms with van der Waals surface area (Å²) in [4.78, 5) is 4.95. The standard InChI is InChI=1S/C14H29N3O/c1-14(2)12(11-13(14)18)15-5-4-6-17-9-7-16(3)8-10-17/h12-13,15,18H,4-11H2,1-3H3. The van der Waals surface area contributed by atoms with E-state index in [0.29, 0.717) is 6.04 Å². The summed E-state index contributed by atoms with van der Waals surface area (Å²) in [5.41, 5.74) is 0.0633. The molecule has 0 spiro atoms. The van der Waals surface area contributed by atoms with Crippen molar-refractivity contribution in [3.8, 4) is 0 Å². The normalized spacial score (nSPS) is 33.3. The molecule has 2 N–H and O–H groups in total. The molecule has 1 saturated carbocycles. The fraction of sp³-hybridized carbons (Fsp3) is 1.00. The van der Waals surface area contributed by atoms with E-state index in [1.807, 2.05) is 0 Å². The minimum Gasteiger partial charge on any atom is -0.392 e. The largest absolute Gasteiger partial charge is 0.392 e. The number of rotatable bonds is 5. The van der Waals surface area contributed by atoms with Crippen LogP contribution in [0.15, 0.2) is 0 Å². The molecule has 0 radical (unpaired) electrons. The number of aliphatic hydroxyl groups is 1. The van der Waals surface area contributed by atoms with Crippen LogP contribution in [0, 0.1) is 5.41 Å². The van der Waals surface area contributed by atoms with Gasteiger partial charge in [-0.1, -0.05) is 13.8 Å². The fourth-order valence-corrected chi connectivity index (χ4v) is 2.90. The smallest absolute Gasteiger partial charge is 0.0621 e. The van der Waals surface area contributed by atoms with Crippen molar-refractivity contribution >= 4 is 0 Å². The van der Waals surface area contributed by atoms with Gasteiger partial charge in [-0.05, 0) is 33.0 Å². The maximum atomic E-state index is 9.68. The second kappa shape index (κ2) is 5.87. The van der Waals surface area contributed by atoms with Crippen molar-refractivity contribution in [2.24, 2.45) is 5.41 Å². The van der Waals surface area contributed by atoms with Crippen LogP contribution in [0.2, 0.25) is 0 Å². The molecule has 4 nitrogen and oxygen atoms in total. The number of nitrogens with one attached hydrogen (secondary N) is 1. The molecule has 1 heterocycles. The van der Waals surface area contributed by atoms with Gasteiger partial charge in [-0.15, -0.1) is 0 Å². The van der Waals surface area contributed by atoms with Crippen LogP contribution in [-0.2, 0) is 0 Å². The highest BCUT2D eigenvalue weighted by Gasteiger charge is 2.46. The van der Waals surface area contributed by atoms with E-state index in [-0.39, 0.29) is 11.5 Å². The third-order valence-electron chi connectivity index (χ3n) is 4.85. The third-order valence-corrected chi connectivity index (χ3v) is 4.85. The molecule has 0 aromatic rings. The molecule has 0 aromatic heterocycles. The van der Waals surface area contributed by atoms with E-state index >= 15 is 0 Å². The molecule has 2 aliphatic rings. The van der Waals surface area contributed by atoms with E-state index < -0.39 is 0 Å². The van der Waals surface area contributed by atoms with Gasteiger partial charge in [-0.25, -0.2) is 0 Å². The van der Waals surface area contributed by atoms with Gasteiger partial charge in [0.25, 0.3) is 0 Å². The van der Waals surface area contributed by atoms with Crippen LogP contribution in [0.5, 0.6) is 0 Å². The summed E-state index contributed by atoms with van der Waals surface area (Å²) in [5.74, 6) is 0. The van der Waals surface area contributed by atoms with E-state index in [2.05, 4.69) is 36.0 Å². The van der Waals surface area contributed by atoms with E-state index in [9.17, 15) is 5.11 Å². The summed E-state index contributed by atoms with van der Waals surface area (Å²) >= 11 is 0. The SMILES string of the molecule is CN1CCN(CCCNC2CC(O)C2(C)C)CC1. The molecule has 2 atom stereocenters. The fourth-order valence-electron chi connectivity index (χ4n) is 2.90. The number of hydrogen-bond acceptors (Lipinski definition) is 4. The van der Waals surface area contributed by atoms with Crippen LogP contribution < -0.4 is 5.32 Å². The lowest BCUT2D eigenvalue weighted by Gasteiger charge is -2.49. The van der Waals surface area contributed by atoms with Crippen LogP contribution >= 0.6 is 0 Å². The van der Waals surface area contributed by atoms with Crippen molar-refractivity contribution in [1.29, 1.82) is 0 Å². The minimum absolute atomic E-state index is 0.0633. The average molecular weight is 255 g/mol. The van der Waals surface area contributed by atoms with Gasteiger partial charge in [0.05, 0.1) is 6.10 Å². The maximum Gasteiger partial charge on any atom is 0.0621 e. The molecule has 106 valence electrons. The van der Waals surface area contributed by atoms with E-state index in [4.69, 9.17) is 0 Å². The molecule has 2 unspecified atom stereocenters. The van der Waals surface area contributed by atoms with Gasteiger partial charge in [-0.2, -0.15) is 0 Å². The van der Waals surface area contributed by atoms with Crippen molar-refractivity contribution in [3.63, 3.8) is 0 Å². The maximum absolute atomic E-state index is 9.68. The molecular weight excluding hydrogens is 226 g/mol. The monoisotopic (exact) mass is 255 g/mol.